The van der Waals surface area contributed by atoms with Crippen molar-refractivity contribution in [3.8, 4) is 5.75 Å². The molecular weight excluding hydrogens is 296 g/mol. The highest BCUT2D eigenvalue weighted by Crippen LogP contribution is 2.28. The molecule has 1 atom stereocenters. The number of nitrogens with zero attached hydrogens (tertiary/aromatic N) is 1. The van der Waals surface area contributed by atoms with Crippen molar-refractivity contribution < 1.29 is 4.74 Å². The molecule has 3 aliphatic heterocycles. The number of benzene rings is 2. The Hall–Kier alpha value is -1.84. The van der Waals surface area contributed by atoms with Crippen LogP contribution in [-0.2, 0) is 13.2 Å². The smallest absolute Gasteiger partial charge is 0.124 e. The first-order chi connectivity index (χ1) is 11.9. The van der Waals surface area contributed by atoms with Crippen LogP contribution in [0.1, 0.15) is 24.0 Å². The first-order valence-corrected chi connectivity index (χ1v) is 9.09. The third-order valence-electron chi connectivity index (χ3n) is 5.42. The Morgan fingerprint density at radius 1 is 0.958 bits per heavy atom. The maximum atomic E-state index is 6.07. The van der Waals surface area contributed by atoms with Crippen LogP contribution in [0, 0.1) is 5.92 Å². The molecule has 3 saturated heterocycles. The first kappa shape index (κ1) is 15.7. The molecule has 0 radical (unpaired) electrons. The van der Waals surface area contributed by atoms with Gasteiger partial charge in [0.15, 0.2) is 0 Å². The molecule has 3 nitrogen and oxygen atoms in total. The Balaban J connectivity index is 1.37. The van der Waals surface area contributed by atoms with E-state index in [-0.39, 0.29) is 0 Å². The Labute approximate surface area is 144 Å². The standard InChI is InChI=1S/C21H26N2O/c1-2-6-17(7-3-1)16-24-21-9-5-4-8-19(21)14-22-20-15-23-12-10-18(20)11-13-23/h1-9,18,20,22H,10-16H2. The second-order valence-electron chi connectivity index (χ2n) is 7.01. The summed E-state index contributed by atoms with van der Waals surface area (Å²) in [6, 6.07) is 19.4. The van der Waals surface area contributed by atoms with Gasteiger partial charge in [0.2, 0.25) is 0 Å². The van der Waals surface area contributed by atoms with Crippen LogP contribution in [0.25, 0.3) is 0 Å². The molecule has 0 spiro atoms. The first-order valence-electron chi connectivity index (χ1n) is 9.09. The van der Waals surface area contributed by atoms with Crippen molar-refractivity contribution in [1.82, 2.24) is 10.2 Å². The highest BCUT2D eigenvalue weighted by molar-refractivity contribution is 5.33. The van der Waals surface area contributed by atoms with Gasteiger partial charge in [0.05, 0.1) is 0 Å². The van der Waals surface area contributed by atoms with Crippen molar-refractivity contribution in [2.45, 2.75) is 32.0 Å². The molecule has 0 aliphatic carbocycles. The van der Waals surface area contributed by atoms with E-state index in [1.54, 1.807) is 0 Å². The number of rotatable bonds is 6. The fourth-order valence-electron chi connectivity index (χ4n) is 3.96. The Bertz CT molecular complexity index is 650. The summed E-state index contributed by atoms with van der Waals surface area (Å²) < 4.78 is 6.07. The lowest BCUT2D eigenvalue weighted by atomic mass is 9.84. The molecule has 0 amide bonds. The van der Waals surface area contributed by atoms with Crippen LogP contribution in [0.4, 0.5) is 0 Å². The third kappa shape index (κ3) is 3.63. The van der Waals surface area contributed by atoms with Crippen molar-refractivity contribution in [2.24, 2.45) is 5.92 Å². The molecule has 3 fully saturated rings. The molecule has 3 heterocycles. The molecule has 2 bridgehead atoms. The average molecular weight is 322 g/mol. The molecule has 24 heavy (non-hydrogen) atoms. The van der Waals surface area contributed by atoms with E-state index in [2.05, 4.69) is 58.7 Å². The van der Waals surface area contributed by atoms with Gasteiger partial charge >= 0.3 is 0 Å². The van der Waals surface area contributed by atoms with Gasteiger partial charge in [-0.2, -0.15) is 0 Å². The molecule has 3 heteroatoms. The summed E-state index contributed by atoms with van der Waals surface area (Å²) >= 11 is 0. The molecule has 0 saturated carbocycles. The molecule has 126 valence electrons. The number of nitrogens with one attached hydrogen (secondary N) is 1. The summed E-state index contributed by atoms with van der Waals surface area (Å²) in [5, 5.41) is 3.79. The van der Waals surface area contributed by atoms with Gasteiger partial charge in [-0.05, 0) is 43.5 Å². The van der Waals surface area contributed by atoms with Crippen molar-refractivity contribution in [3.05, 3.63) is 65.7 Å². The highest BCUT2D eigenvalue weighted by atomic mass is 16.5. The lowest BCUT2D eigenvalue weighted by molar-refractivity contribution is 0.0718. The van der Waals surface area contributed by atoms with Gasteiger partial charge in [-0.1, -0.05) is 48.5 Å². The zero-order valence-corrected chi connectivity index (χ0v) is 14.2. The van der Waals surface area contributed by atoms with Gasteiger partial charge in [-0.25, -0.2) is 0 Å². The van der Waals surface area contributed by atoms with E-state index in [4.69, 9.17) is 4.74 Å². The predicted octanol–water partition coefficient (Wildman–Crippen LogP) is 3.45. The average Bonchev–Trinajstić information content (AvgIpc) is 2.67. The molecule has 0 aromatic heterocycles. The van der Waals surface area contributed by atoms with Crippen molar-refractivity contribution in [3.63, 3.8) is 0 Å². The van der Waals surface area contributed by atoms with Crippen molar-refractivity contribution in [2.75, 3.05) is 19.6 Å². The normalized spacial score (nSPS) is 25.6. The summed E-state index contributed by atoms with van der Waals surface area (Å²) in [4.78, 5) is 2.59. The fraction of sp³-hybridized carbons (Fsp3) is 0.429. The minimum atomic E-state index is 0.623. The number of fused-ring (bicyclic) bond motifs is 3. The summed E-state index contributed by atoms with van der Waals surface area (Å²) in [5.74, 6) is 1.85. The van der Waals surface area contributed by atoms with E-state index in [9.17, 15) is 0 Å². The molecular formula is C21H26N2O. The van der Waals surface area contributed by atoms with Gasteiger partial charge in [-0.15, -0.1) is 0 Å². The summed E-state index contributed by atoms with van der Waals surface area (Å²) in [6.07, 6.45) is 2.70. The highest BCUT2D eigenvalue weighted by Gasteiger charge is 2.33. The zero-order valence-electron chi connectivity index (χ0n) is 14.2. The number of piperidine rings is 3. The van der Waals surface area contributed by atoms with E-state index in [0.717, 1.165) is 18.2 Å². The molecule has 2 aromatic carbocycles. The SMILES string of the molecule is c1ccc(COc2ccccc2CNC2CN3CCC2CC3)cc1. The van der Waals surface area contributed by atoms with Crippen molar-refractivity contribution in [1.29, 1.82) is 0 Å². The van der Waals surface area contributed by atoms with Crippen LogP contribution in [0.3, 0.4) is 0 Å². The lowest BCUT2D eigenvalue weighted by Gasteiger charge is -2.45. The van der Waals surface area contributed by atoms with Gasteiger partial charge in [-0.3, -0.25) is 0 Å². The second kappa shape index (κ2) is 7.37. The van der Waals surface area contributed by atoms with Crippen LogP contribution in [-0.4, -0.2) is 30.6 Å². The van der Waals surface area contributed by atoms with Crippen LogP contribution in [0.15, 0.2) is 54.6 Å². The zero-order chi connectivity index (χ0) is 16.2. The monoisotopic (exact) mass is 322 g/mol. The molecule has 5 rings (SSSR count). The molecule has 2 aromatic rings. The summed E-state index contributed by atoms with van der Waals surface area (Å²) in [6.45, 7) is 5.30. The fourth-order valence-corrected chi connectivity index (χ4v) is 3.96. The van der Waals surface area contributed by atoms with Gasteiger partial charge in [0.25, 0.3) is 0 Å². The minimum Gasteiger partial charge on any atom is -0.489 e. The number of ether oxygens (including phenoxy) is 1. The Morgan fingerprint density at radius 2 is 1.71 bits per heavy atom. The van der Waals surface area contributed by atoms with Crippen LogP contribution in [0.5, 0.6) is 5.75 Å². The van der Waals surface area contributed by atoms with E-state index in [1.807, 2.05) is 6.07 Å². The maximum absolute atomic E-state index is 6.07. The van der Waals surface area contributed by atoms with Crippen LogP contribution >= 0.6 is 0 Å². The second-order valence-corrected chi connectivity index (χ2v) is 7.01. The molecule has 3 aliphatic rings. The van der Waals surface area contributed by atoms with E-state index in [1.165, 1.54) is 43.6 Å². The maximum Gasteiger partial charge on any atom is 0.124 e. The number of hydrogen-bond acceptors (Lipinski definition) is 3. The summed E-state index contributed by atoms with van der Waals surface area (Å²) in [7, 11) is 0. The molecule has 1 unspecified atom stereocenters. The third-order valence-corrected chi connectivity index (χ3v) is 5.42. The predicted molar refractivity (Wildman–Crippen MR) is 97.0 cm³/mol. The number of para-hydroxylation sites is 1. The Kier molecular flexibility index (Phi) is 4.81. The van der Waals surface area contributed by atoms with Crippen molar-refractivity contribution >= 4 is 0 Å². The van der Waals surface area contributed by atoms with E-state index < -0.39 is 0 Å². The van der Waals surface area contributed by atoms with E-state index in [0.29, 0.717) is 12.6 Å². The van der Waals surface area contributed by atoms with Crippen LogP contribution < -0.4 is 10.1 Å². The quantitative estimate of drug-likeness (QED) is 0.881. The topological polar surface area (TPSA) is 24.5 Å². The lowest BCUT2D eigenvalue weighted by Crippen LogP contribution is -2.55. The summed E-state index contributed by atoms with van der Waals surface area (Å²) in [5.41, 5.74) is 2.46. The Morgan fingerprint density at radius 3 is 2.46 bits per heavy atom. The van der Waals surface area contributed by atoms with Crippen LogP contribution in [0.2, 0.25) is 0 Å². The number of hydrogen-bond donors (Lipinski definition) is 1. The van der Waals surface area contributed by atoms with Gasteiger partial charge in [0, 0.05) is 24.7 Å². The van der Waals surface area contributed by atoms with E-state index >= 15 is 0 Å². The van der Waals surface area contributed by atoms with Gasteiger partial charge < -0.3 is 15.0 Å². The minimum absolute atomic E-state index is 0.623. The van der Waals surface area contributed by atoms with Gasteiger partial charge in [0.1, 0.15) is 12.4 Å². The molecule has 1 N–H and O–H groups in total. The largest absolute Gasteiger partial charge is 0.489 e.